The van der Waals surface area contributed by atoms with Crippen molar-refractivity contribution in [3.8, 4) is 0 Å². The van der Waals surface area contributed by atoms with Crippen LogP contribution in [0.3, 0.4) is 0 Å². The number of aliphatic hydroxyl groups excluding tert-OH is 2. The Kier molecular flexibility index (Phi) is 4.62. The largest absolute Gasteiger partial charge is 0.469 e. The molecule has 0 aromatic rings. The molecule has 0 aromatic heterocycles. The number of hydrogen-bond acceptors (Lipinski definition) is 6. The molecule has 0 bridgehead atoms. The van der Waals surface area contributed by atoms with Crippen LogP contribution in [-0.4, -0.2) is 57.1 Å². The van der Waals surface area contributed by atoms with E-state index in [4.69, 9.17) is 14.5 Å². The van der Waals surface area contributed by atoms with Crippen molar-refractivity contribution in [3.63, 3.8) is 0 Å². The van der Waals surface area contributed by atoms with Gasteiger partial charge in [0.2, 0.25) is 5.91 Å². The minimum absolute atomic E-state index is 0.478. The van der Waals surface area contributed by atoms with Crippen molar-refractivity contribution in [3.05, 3.63) is 0 Å². The first-order chi connectivity index (χ1) is 7.70. The van der Waals surface area contributed by atoms with Crippen molar-refractivity contribution in [1.29, 1.82) is 0 Å². The molecule has 0 radical (unpaired) electrons. The first kappa shape index (κ1) is 14.5. The maximum absolute atomic E-state index is 10.8. The molecular formula is C7H14NO8P. The maximum Gasteiger partial charge on any atom is 0.469 e. The van der Waals surface area contributed by atoms with Crippen LogP contribution in [0.1, 0.15) is 6.92 Å². The van der Waals surface area contributed by atoms with E-state index in [0.717, 1.165) is 0 Å². The van der Waals surface area contributed by atoms with Gasteiger partial charge in [0.25, 0.3) is 0 Å². The molecular weight excluding hydrogens is 257 g/mol. The number of phosphoric acid groups is 1. The lowest BCUT2D eigenvalue weighted by Crippen LogP contribution is -2.47. The van der Waals surface area contributed by atoms with Gasteiger partial charge in [0, 0.05) is 6.92 Å². The lowest BCUT2D eigenvalue weighted by molar-refractivity contribution is -0.127. The quantitative estimate of drug-likeness (QED) is 0.358. The second kappa shape index (κ2) is 5.40. The standard InChI is InChI=1S/C7H14NO8P/c1-3(9)8-5-6(10)4(16-7(5)11)2-15-17(12,13)14/h4-7,10-11H,2H2,1H3,(H,8,9)(H2,12,13,14)/t4-,5?,6+,7-/m1/s1. The van der Waals surface area contributed by atoms with Crippen LogP contribution in [0.25, 0.3) is 0 Å². The molecule has 1 heterocycles. The fraction of sp³-hybridized carbons (Fsp3) is 0.857. The average Bonchev–Trinajstić information content (AvgIpc) is 2.41. The van der Waals surface area contributed by atoms with Crippen molar-refractivity contribution in [2.75, 3.05) is 6.61 Å². The number of hydrogen-bond donors (Lipinski definition) is 5. The van der Waals surface area contributed by atoms with Crippen molar-refractivity contribution in [2.45, 2.75) is 31.5 Å². The highest BCUT2D eigenvalue weighted by Gasteiger charge is 2.44. The molecule has 1 amide bonds. The number of phosphoric ester groups is 1. The van der Waals surface area contributed by atoms with Crippen LogP contribution >= 0.6 is 7.82 Å². The zero-order valence-electron chi connectivity index (χ0n) is 8.89. The molecule has 0 aromatic carbocycles. The SMILES string of the molecule is CC(=O)NC1[C@H](O)O[C@H](COP(=O)(O)O)[C@@H]1O. The molecule has 1 aliphatic heterocycles. The Morgan fingerprint density at radius 3 is 2.53 bits per heavy atom. The normalized spacial score (nSPS) is 33.7. The van der Waals surface area contributed by atoms with Crippen LogP contribution < -0.4 is 5.32 Å². The summed E-state index contributed by atoms with van der Waals surface area (Å²) in [5.74, 6) is -0.478. The fourth-order valence-electron chi connectivity index (χ4n) is 1.44. The van der Waals surface area contributed by atoms with Gasteiger partial charge in [0.15, 0.2) is 6.29 Å². The highest BCUT2D eigenvalue weighted by molar-refractivity contribution is 7.46. The summed E-state index contributed by atoms with van der Waals surface area (Å²) in [5.41, 5.74) is 0. The fourth-order valence-corrected chi connectivity index (χ4v) is 1.79. The average molecular weight is 271 g/mol. The summed E-state index contributed by atoms with van der Waals surface area (Å²) in [6, 6.07) is -1.06. The summed E-state index contributed by atoms with van der Waals surface area (Å²) in [6.45, 7) is 0.595. The molecule has 1 rings (SSSR count). The van der Waals surface area contributed by atoms with Crippen molar-refractivity contribution < 1.29 is 38.6 Å². The number of ether oxygens (including phenoxy) is 1. The van der Waals surface area contributed by atoms with E-state index in [9.17, 15) is 19.6 Å². The first-order valence-corrected chi connectivity index (χ1v) is 6.22. The van der Waals surface area contributed by atoms with Crippen LogP contribution in [-0.2, 0) is 18.6 Å². The summed E-state index contributed by atoms with van der Waals surface area (Å²) in [7, 11) is -4.67. The molecule has 0 aliphatic carbocycles. The van der Waals surface area contributed by atoms with E-state index >= 15 is 0 Å². The molecule has 0 spiro atoms. The van der Waals surface area contributed by atoms with E-state index < -0.39 is 44.9 Å². The van der Waals surface area contributed by atoms with E-state index in [1.54, 1.807) is 0 Å². The maximum atomic E-state index is 10.8. The number of rotatable bonds is 4. The number of carbonyl (C=O) groups is 1. The Bertz CT molecular complexity index is 330. The third-order valence-electron chi connectivity index (χ3n) is 2.15. The monoisotopic (exact) mass is 271 g/mol. The van der Waals surface area contributed by atoms with E-state index in [1.165, 1.54) is 6.92 Å². The van der Waals surface area contributed by atoms with Gasteiger partial charge in [-0.2, -0.15) is 0 Å². The lowest BCUT2D eigenvalue weighted by atomic mass is 10.1. The second-order valence-electron chi connectivity index (χ2n) is 3.57. The van der Waals surface area contributed by atoms with Gasteiger partial charge in [-0.3, -0.25) is 9.32 Å². The summed E-state index contributed by atoms with van der Waals surface area (Å²) >= 11 is 0. The topological polar surface area (TPSA) is 146 Å². The number of aliphatic hydroxyl groups is 2. The van der Waals surface area contributed by atoms with E-state index in [-0.39, 0.29) is 0 Å². The highest BCUT2D eigenvalue weighted by atomic mass is 31.2. The number of carbonyl (C=O) groups excluding carboxylic acids is 1. The molecule has 1 saturated heterocycles. The Morgan fingerprint density at radius 1 is 1.47 bits per heavy atom. The van der Waals surface area contributed by atoms with E-state index in [1.807, 2.05) is 0 Å². The van der Waals surface area contributed by atoms with Crippen LogP contribution in [0.5, 0.6) is 0 Å². The predicted molar refractivity (Wildman–Crippen MR) is 52.5 cm³/mol. The molecule has 1 fully saturated rings. The smallest absolute Gasteiger partial charge is 0.388 e. The molecule has 100 valence electrons. The highest BCUT2D eigenvalue weighted by Crippen LogP contribution is 2.37. The van der Waals surface area contributed by atoms with E-state index in [0.29, 0.717) is 0 Å². The summed E-state index contributed by atoms with van der Waals surface area (Å²) in [4.78, 5) is 27.7. The van der Waals surface area contributed by atoms with E-state index in [2.05, 4.69) is 9.84 Å². The lowest BCUT2D eigenvalue weighted by Gasteiger charge is -2.18. The van der Waals surface area contributed by atoms with Crippen molar-refractivity contribution >= 4 is 13.7 Å². The zero-order chi connectivity index (χ0) is 13.2. The zero-order valence-corrected chi connectivity index (χ0v) is 9.78. The van der Waals surface area contributed by atoms with Crippen molar-refractivity contribution in [1.82, 2.24) is 5.32 Å². The molecule has 10 heteroatoms. The molecule has 1 unspecified atom stereocenters. The third kappa shape index (κ3) is 4.32. The number of nitrogens with one attached hydrogen (secondary N) is 1. The van der Waals surface area contributed by atoms with Gasteiger partial charge in [-0.15, -0.1) is 0 Å². The summed E-state index contributed by atoms with van der Waals surface area (Å²) in [5, 5.41) is 21.2. The Balaban J connectivity index is 2.55. The second-order valence-corrected chi connectivity index (χ2v) is 4.81. The molecule has 4 atom stereocenters. The van der Waals surface area contributed by atoms with Gasteiger partial charge in [0.1, 0.15) is 18.2 Å². The van der Waals surface area contributed by atoms with Gasteiger partial charge in [-0.25, -0.2) is 4.57 Å². The van der Waals surface area contributed by atoms with Crippen LogP contribution in [0.15, 0.2) is 0 Å². The molecule has 17 heavy (non-hydrogen) atoms. The van der Waals surface area contributed by atoms with Gasteiger partial charge < -0.3 is 30.1 Å². The number of amides is 1. The van der Waals surface area contributed by atoms with Crippen LogP contribution in [0.2, 0.25) is 0 Å². The summed E-state index contributed by atoms with van der Waals surface area (Å²) < 4.78 is 19.4. The predicted octanol–water partition coefficient (Wildman–Crippen LogP) is -2.32. The molecule has 1 aliphatic rings. The van der Waals surface area contributed by atoms with Crippen LogP contribution in [0, 0.1) is 0 Å². The van der Waals surface area contributed by atoms with Crippen molar-refractivity contribution in [2.24, 2.45) is 0 Å². The van der Waals surface area contributed by atoms with Gasteiger partial charge in [-0.1, -0.05) is 0 Å². The van der Waals surface area contributed by atoms with Gasteiger partial charge in [0.05, 0.1) is 6.61 Å². The molecule has 9 nitrogen and oxygen atoms in total. The Hall–Kier alpha value is -0.540. The van der Waals surface area contributed by atoms with Gasteiger partial charge in [-0.05, 0) is 0 Å². The third-order valence-corrected chi connectivity index (χ3v) is 2.63. The summed E-state index contributed by atoms with van der Waals surface area (Å²) in [6.07, 6.45) is -3.91. The molecule has 0 saturated carbocycles. The Labute approximate surface area is 96.6 Å². The van der Waals surface area contributed by atoms with Crippen LogP contribution in [0.4, 0.5) is 0 Å². The molecule has 5 N–H and O–H groups in total. The Morgan fingerprint density at radius 2 is 2.06 bits per heavy atom. The first-order valence-electron chi connectivity index (χ1n) is 4.69. The minimum Gasteiger partial charge on any atom is -0.388 e. The van der Waals surface area contributed by atoms with Gasteiger partial charge >= 0.3 is 7.82 Å². The minimum atomic E-state index is -4.67.